The maximum absolute atomic E-state index is 11.2. The Morgan fingerprint density at radius 3 is 2.76 bits per heavy atom. The standard InChI is InChI=1S/C16H13NO4/c1-10-17-13-7-12(16(18)19)8-14(15(13)21-10)20-9-11-5-3-2-4-6-11/h2-8H,9H2,1H3,(H,18,19). The van der Waals surface area contributed by atoms with E-state index >= 15 is 0 Å². The van der Waals surface area contributed by atoms with E-state index in [1.54, 1.807) is 6.92 Å². The highest BCUT2D eigenvalue weighted by atomic mass is 16.5. The van der Waals surface area contributed by atoms with Gasteiger partial charge in [0.25, 0.3) is 0 Å². The van der Waals surface area contributed by atoms with Gasteiger partial charge in [-0.15, -0.1) is 0 Å². The van der Waals surface area contributed by atoms with Crippen LogP contribution in [0.5, 0.6) is 5.75 Å². The summed E-state index contributed by atoms with van der Waals surface area (Å²) in [5, 5.41) is 9.15. The summed E-state index contributed by atoms with van der Waals surface area (Å²) in [5.74, 6) is -0.173. The van der Waals surface area contributed by atoms with Crippen LogP contribution in [0.4, 0.5) is 0 Å². The van der Waals surface area contributed by atoms with Gasteiger partial charge >= 0.3 is 5.97 Å². The highest BCUT2D eigenvalue weighted by Gasteiger charge is 2.15. The molecule has 1 heterocycles. The van der Waals surface area contributed by atoms with Crippen LogP contribution in [0.25, 0.3) is 11.1 Å². The summed E-state index contributed by atoms with van der Waals surface area (Å²) in [6, 6.07) is 12.6. The van der Waals surface area contributed by atoms with Gasteiger partial charge in [-0.2, -0.15) is 0 Å². The topological polar surface area (TPSA) is 72.6 Å². The average Bonchev–Trinajstić information content (AvgIpc) is 2.86. The molecule has 0 saturated heterocycles. The monoisotopic (exact) mass is 283 g/mol. The summed E-state index contributed by atoms with van der Waals surface area (Å²) in [6.45, 7) is 2.04. The zero-order chi connectivity index (χ0) is 14.8. The number of rotatable bonds is 4. The third-order valence-corrected chi connectivity index (χ3v) is 3.05. The van der Waals surface area contributed by atoms with Crippen molar-refractivity contribution < 1.29 is 19.1 Å². The SMILES string of the molecule is Cc1nc2cc(C(=O)O)cc(OCc3ccccc3)c2o1. The van der Waals surface area contributed by atoms with E-state index in [2.05, 4.69) is 4.98 Å². The third kappa shape index (κ3) is 2.72. The number of carboxylic acid groups (broad SMARTS) is 1. The highest BCUT2D eigenvalue weighted by Crippen LogP contribution is 2.29. The normalized spacial score (nSPS) is 10.7. The van der Waals surface area contributed by atoms with Crippen molar-refractivity contribution in [3.8, 4) is 5.75 Å². The van der Waals surface area contributed by atoms with Gasteiger partial charge in [-0.3, -0.25) is 0 Å². The van der Waals surface area contributed by atoms with Crippen LogP contribution in [0.3, 0.4) is 0 Å². The van der Waals surface area contributed by atoms with Crippen molar-refractivity contribution in [3.05, 3.63) is 59.5 Å². The van der Waals surface area contributed by atoms with Crippen molar-refractivity contribution in [3.63, 3.8) is 0 Å². The molecule has 0 spiro atoms. The zero-order valence-electron chi connectivity index (χ0n) is 11.4. The van der Waals surface area contributed by atoms with E-state index < -0.39 is 5.97 Å². The number of benzene rings is 2. The average molecular weight is 283 g/mol. The van der Waals surface area contributed by atoms with Crippen LogP contribution in [0, 0.1) is 6.92 Å². The summed E-state index contributed by atoms with van der Waals surface area (Å²) in [7, 11) is 0. The van der Waals surface area contributed by atoms with Crippen molar-refractivity contribution in [2.45, 2.75) is 13.5 Å². The van der Waals surface area contributed by atoms with Crippen LogP contribution in [0.2, 0.25) is 0 Å². The molecule has 5 heteroatoms. The summed E-state index contributed by atoms with van der Waals surface area (Å²) < 4.78 is 11.2. The first-order valence-corrected chi connectivity index (χ1v) is 6.44. The van der Waals surface area contributed by atoms with E-state index in [-0.39, 0.29) is 5.56 Å². The molecular weight excluding hydrogens is 270 g/mol. The summed E-state index contributed by atoms with van der Waals surface area (Å²) >= 11 is 0. The number of aromatic carboxylic acids is 1. The Kier molecular flexibility index (Phi) is 3.31. The van der Waals surface area contributed by atoms with Crippen molar-refractivity contribution in [1.82, 2.24) is 4.98 Å². The minimum atomic E-state index is -1.03. The van der Waals surface area contributed by atoms with Crippen LogP contribution in [-0.2, 0) is 6.61 Å². The van der Waals surface area contributed by atoms with Crippen LogP contribution in [0.15, 0.2) is 46.9 Å². The number of aryl methyl sites for hydroxylation is 1. The first-order chi connectivity index (χ1) is 10.1. The number of carboxylic acids is 1. The second-order valence-corrected chi connectivity index (χ2v) is 4.63. The van der Waals surface area contributed by atoms with Crippen molar-refractivity contribution in [1.29, 1.82) is 0 Å². The largest absolute Gasteiger partial charge is 0.485 e. The van der Waals surface area contributed by atoms with Crippen molar-refractivity contribution >= 4 is 17.1 Å². The van der Waals surface area contributed by atoms with Crippen LogP contribution in [0.1, 0.15) is 21.8 Å². The van der Waals surface area contributed by atoms with E-state index in [0.29, 0.717) is 29.3 Å². The third-order valence-electron chi connectivity index (χ3n) is 3.05. The Bertz CT molecular complexity index is 793. The maximum atomic E-state index is 11.2. The maximum Gasteiger partial charge on any atom is 0.335 e. The fourth-order valence-electron chi connectivity index (χ4n) is 2.08. The summed E-state index contributed by atoms with van der Waals surface area (Å²) in [4.78, 5) is 15.3. The molecule has 3 rings (SSSR count). The first kappa shape index (κ1) is 13.2. The molecule has 0 bridgehead atoms. The Labute approximate surface area is 120 Å². The van der Waals surface area contributed by atoms with E-state index in [1.165, 1.54) is 12.1 Å². The molecular formula is C16H13NO4. The van der Waals surface area contributed by atoms with E-state index in [9.17, 15) is 4.79 Å². The molecule has 2 aromatic carbocycles. The number of nitrogens with zero attached hydrogens (tertiary/aromatic N) is 1. The van der Waals surface area contributed by atoms with Crippen LogP contribution >= 0.6 is 0 Å². The molecule has 3 aromatic rings. The molecule has 0 atom stereocenters. The molecule has 5 nitrogen and oxygen atoms in total. The molecule has 0 aliphatic heterocycles. The van der Waals surface area contributed by atoms with Crippen LogP contribution in [-0.4, -0.2) is 16.1 Å². The van der Waals surface area contributed by atoms with Gasteiger partial charge in [0.1, 0.15) is 12.1 Å². The molecule has 0 aliphatic carbocycles. The van der Waals surface area contributed by atoms with Gasteiger partial charge in [-0.05, 0) is 17.7 Å². The Hall–Kier alpha value is -2.82. The number of hydrogen-bond donors (Lipinski definition) is 1. The Balaban J connectivity index is 1.97. The molecule has 0 amide bonds. The lowest BCUT2D eigenvalue weighted by atomic mass is 10.2. The molecule has 0 unspecified atom stereocenters. The summed E-state index contributed by atoms with van der Waals surface area (Å²) in [6.07, 6.45) is 0. The van der Waals surface area contributed by atoms with Gasteiger partial charge in [0, 0.05) is 6.92 Å². The van der Waals surface area contributed by atoms with Gasteiger partial charge < -0.3 is 14.3 Å². The first-order valence-electron chi connectivity index (χ1n) is 6.44. The van der Waals surface area contributed by atoms with Crippen molar-refractivity contribution in [2.75, 3.05) is 0 Å². The predicted octanol–water partition coefficient (Wildman–Crippen LogP) is 3.41. The number of oxazole rings is 1. The smallest absolute Gasteiger partial charge is 0.335 e. The molecule has 1 aromatic heterocycles. The number of hydrogen-bond acceptors (Lipinski definition) is 4. The lowest BCUT2D eigenvalue weighted by Gasteiger charge is -2.07. The van der Waals surface area contributed by atoms with Crippen molar-refractivity contribution in [2.24, 2.45) is 0 Å². The number of fused-ring (bicyclic) bond motifs is 1. The second kappa shape index (κ2) is 5.28. The van der Waals surface area contributed by atoms with Gasteiger partial charge in [-0.25, -0.2) is 9.78 Å². The fraction of sp³-hybridized carbons (Fsp3) is 0.125. The lowest BCUT2D eigenvalue weighted by Crippen LogP contribution is -2.00. The Morgan fingerprint density at radius 2 is 2.05 bits per heavy atom. The molecule has 0 saturated carbocycles. The predicted molar refractivity (Wildman–Crippen MR) is 76.5 cm³/mol. The quantitative estimate of drug-likeness (QED) is 0.794. The number of ether oxygens (including phenoxy) is 1. The minimum absolute atomic E-state index is 0.124. The molecule has 0 aliphatic rings. The minimum Gasteiger partial charge on any atom is -0.485 e. The zero-order valence-corrected chi connectivity index (χ0v) is 11.4. The molecule has 0 fully saturated rings. The van der Waals surface area contributed by atoms with Gasteiger partial charge in [-0.1, -0.05) is 30.3 Å². The fourth-order valence-corrected chi connectivity index (χ4v) is 2.08. The summed E-state index contributed by atoms with van der Waals surface area (Å²) in [5.41, 5.74) is 2.06. The van der Waals surface area contributed by atoms with E-state index in [0.717, 1.165) is 5.56 Å². The number of carbonyl (C=O) groups is 1. The Morgan fingerprint density at radius 1 is 1.29 bits per heavy atom. The number of aromatic nitrogens is 1. The molecule has 21 heavy (non-hydrogen) atoms. The van der Waals surface area contributed by atoms with E-state index in [4.69, 9.17) is 14.3 Å². The molecule has 1 N–H and O–H groups in total. The molecule has 0 radical (unpaired) electrons. The van der Waals surface area contributed by atoms with E-state index in [1.807, 2.05) is 30.3 Å². The van der Waals surface area contributed by atoms with Gasteiger partial charge in [0.05, 0.1) is 5.56 Å². The lowest BCUT2D eigenvalue weighted by molar-refractivity contribution is 0.0696. The highest BCUT2D eigenvalue weighted by molar-refractivity contribution is 5.94. The molecule has 106 valence electrons. The van der Waals surface area contributed by atoms with Gasteiger partial charge in [0.2, 0.25) is 0 Å². The van der Waals surface area contributed by atoms with Crippen LogP contribution < -0.4 is 4.74 Å². The van der Waals surface area contributed by atoms with Gasteiger partial charge in [0.15, 0.2) is 17.2 Å². The second-order valence-electron chi connectivity index (χ2n) is 4.63.